The van der Waals surface area contributed by atoms with Crippen molar-refractivity contribution in [3.63, 3.8) is 0 Å². The first kappa shape index (κ1) is 14.2. The van der Waals surface area contributed by atoms with Crippen LogP contribution in [0.3, 0.4) is 0 Å². The maximum absolute atomic E-state index is 6.12. The normalized spacial score (nSPS) is 16.8. The van der Waals surface area contributed by atoms with Gasteiger partial charge in [-0.05, 0) is 41.8 Å². The largest absolute Gasteiger partial charge is 0.315 e. The predicted octanol–water partition coefficient (Wildman–Crippen LogP) is 4.73. The zero-order chi connectivity index (χ0) is 14.2. The van der Waals surface area contributed by atoms with Crippen LogP contribution >= 0.6 is 34.8 Å². The second-order valence-corrected chi connectivity index (χ2v) is 6.57. The van der Waals surface area contributed by atoms with E-state index in [1.165, 1.54) is 11.1 Å². The molecule has 1 N–H and O–H groups in total. The first-order valence-corrected chi connectivity index (χ1v) is 7.63. The fourth-order valence-electron chi connectivity index (χ4n) is 2.72. The van der Waals surface area contributed by atoms with Crippen LogP contribution in [0.4, 0.5) is 0 Å². The third-order valence-corrected chi connectivity index (χ3v) is 4.86. The minimum absolute atomic E-state index is 0.0993. The molecule has 4 heteroatoms. The molecule has 1 nitrogen and oxygen atoms in total. The standard InChI is InChI=1S/C16H14Cl3N/c17-13-3-1-2-12(7-13)16(9-20-10-16)8-11-4-5-14(18)15(19)6-11/h1-7,20H,8-10H2. The third-order valence-electron chi connectivity index (χ3n) is 3.89. The molecular formula is C16H14Cl3N. The van der Waals surface area contributed by atoms with Gasteiger partial charge < -0.3 is 5.32 Å². The summed E-state index contributed by atoms with van der Waals surface area (Å²) in [5.41, 5.74) is 2.57. The first-order chi connectivity index (χ1) is 9.59. The van der Waals surface area contributed by atoms with Crippen molar-refractivity contribution in [2.75, 3.05) is 13.1 Å². The molecule has 1 aliphatic heterocycles. The summed E-state index contributed by atoms with van der Waals surface area (Å²) in [7, 11) is 0. The number of nitrogens with one attached hydrogen (secondary N) is 1. The van der Waals surface area contributed by atoms with Gasteiger partial charge in [0.05, 0.1) is 10.0 Å². The maximum atomic E-state index is 6.12. The zero-order valence-corrected chi connectivity index (χ0v) is 13.1. The number of rotatable bonds is 3. The van der Waals surface area contributed by atoms with E-state index in [0.717, 1.165) is 24.5 Å². The van der Waals surface area contributed by atoms with Crippen LogP contribution in [-0.4, -0.2) is 13.1 Å². The fraction of sp³-hybridized carbons (Fsp3) is 0.250. The Hall–Kier alpha value is -0.730. The average molecular weight is 327 g/mol. The Balaban J connectivity index is 1.91. The van der Waals surface area contributed by atoms with Gasteiger partial charge >= 0.3 is 0 Å². The quantitative estimate of drug-likeness (QED) is 0.859. The van der Waals surface area contributed by atoms with Crippen LogP contribution in [0.5, 0.6) is 0 Å². The van der Waals surface area contributed by atoms with Gasteiger partial charge in [0.25, 0.3) is 0 Å². The van der Waals surface area contributed by atoms with E-state index < -0.39 is 0 Å². The van der Waals surface area contributed by atoms with Gasteiger partial charge in [-0.1, -0.05) is 53.0 Å². The Morgan fingerprint density at radius 2 is 1.75 bits per heavy atom. The van der Waals surface area contributed by atoms with Crippen LogP contribution in [0.15, 0.2) is 42.5 Å². The van der Waals surface area contributed by atoms with Gasteiger partial charge in [0.15, 0.2) is 0 Å². The Labute approximate surface area is 133 Å². The van der Waals surface area contributed by atoms with Crippen molar-refractivity contribution in [1.29, 1.82) is 0 Å². The maximum Gasteiger partial charge on any atom is 0.0595 e. The molecule has 2 aromatic rings. The SMILES string of the molecule is Clc1cccc(C2(Cc3ccc(Cl)c(Cl)c3)CNC2)c1. The summed E-state index contributed by atoms with van der Waals surface area (Å²) in [5.74, 6) is 0. The molecule has 1 aliphatic rings. The Kier molecular flexibility index (Phi) is 3.96. The van der Waals surface area contributed by atoms with Gasteiger partial charge in [-0.2, -0.15) is 0 Å². The van der Waals surface area contributed by atoms with Crippen LogP contribution in [-0.2, 0) is 11.8 Å². The number of halogens is 3. The van der Waals surface area contributed by atoms with Crippen molar-refractivity contribution in [1.82, 2.24) is 5.32 Å². The van der Waals surface area contributed by atoms with Crippen LogP contribution < -0.4 is 5.32 Å². The molecular weight excluding hydrogens is 313 g/mol. The van der Waals surface area contributed by atoms with Crippen molar-refractivity contribution >= 4 is 34.8 Å². The Morgan fingerprint density at radius 1 is 0.950 bits per heavy atom. The number of hydrogen-bond donors (Lipinski definition) is 1. The van der Waals surface area contributed by atoms with Gasteiger partial charge in [-0.25, -0.2) is 0 Å². The zero-order valence-electron chi connectivity index (χ0n) is 10.8. The molecule has 1 saturated heterocycles. The minimum Gasteiger partial charge on any atom is -0.315 e. The predicted molar refractivity (Wildman–Crippen MR) is 86.2 cm³/mol. The number of hydrogen-bond acceptors (Lipinski definition) is 1. The molecule has 1 heterocycles. The van der Waals surface area contributed by atoms with Crippen molar-refractivity contribution in [3.05, 3.63) is 68.7 Å². The van der Waals surface area contributed by atoms with E-state index in [1.807, 2.05) is 30.3 Å². The summed E-state index contributed by atoms with van der Waals surface area (Å²) < 4.78 is 0. The van der Waals surface area contributed by atoms with Crippen molar-refractivity contribution in [2.24, 2.45) is 0 Å². The highest BCUT2D eigenvalue weighted by Crippen LogP contribution is 2.35. The van der Waals surface area contributed by atoms with Gasteiger partial charge in [0.2, 0.25) is 0 Å². The lowest BCUT2D eigenvalue weighted by Crippen LogP contribution is -2.58. The van der Waals surface area contributed by atoms with Crippen LogP contribution in [0.1, 0.15) is 11.1 Å². The van der Waals surface area contributed by atoms with Crippen molar-refractivity contribution in [2.45, 2.75) is 11.8 Å². The van der Waals surface area contributed by atoms with Crippen LogP contribution in [0, 0.1) is 0 Å². The number of benzene rings is 2. The van der Waals surface area contributed by atoms with E-state index in [9.17, 15) is 0 Å². The lowest BCUT2D eigenvalue weighted by atomic mass is 9.71. The summed E-state index contributed by atoms with van der Waals surface area (Å²) in [6.07, 6.45) is 0.928. The molecule has 0 bridgehead atoms. The van der Waals surface area contributed by atoms with Crippen LogP contribution in [0.2, 0.25) is 15.1 Å². The van der Waals surface area contributed by atoms with E-state index in [4.69, 9.17) is 34.8 Å². The molecule has 3 rings (SSSR count). The summed E-state index contributed by atoms with van der Waals surface area (Å²) in [4.78, 5) is 0. The first-order valence-electron chi connectivity index (χ1n) is 6.50. The second-order valence-electron chi connectivity index (χ2n) is 5.32. The highest BCUT2D eigenvalue weighted by Gasteiger charge is 2.38. The molecule has 0 aromatic heterocycles. The van der Waals surface area contributed by atoms with E-state index in [1.54, 1.807) is 0 Å². The van der Waals surface area contributed by atoms with Gasteiger partial charge in [0.1, 0.15) is 0 Å². The van der Waals surface area contributed by atoms with E-state index in [0.29, 0.717) is 10.0 Å². The van der Waals surface area contributed by atoms with E-state index in [2.05, 4.69) is 17.4 Å². The average Bonchev–Trinajstić information content (AvgIpc) is 2.38. The summed E-state index contributed by atoms with van der Waals surface area (Å²) in [6.45, 7) is 1.90. The summed E-state index contributed by atoms with van der Waals surface area (Å²) in [6, 6.07) is 14.0. The molecule has 1 fully saturated rings. The fourth-order valence-corrected chi connectivity index (χ4v) is 3.23. The molecule has 0 atom stereocenters. The molecule has 0 radical (unpaired) electrons. The lowest BCUT2D eigenvalue weighted by molar-refractivity contribution is 0.275. The van der Waals surface area contributed by atoms with E-state index in [-0.39, 0.29) is 5.41 Å². The Morgan fingerprint density at radius 3 is 2.35 bits per heavy atom. The van der Waals surface area contributed by atoms with E-state index >= 15 is 0 Å². The molecule has 0 saturated carbocycles. The summed E-state index contributed by atoms with van der Waals surface area (Å²) in [5, 5.41) is 5.35. The molecule has 0 aliphatic carbocycles. The van der Waals surface area contributed by atoms with Crippen molar-refractivity contribution < 1.29 is 0 Å². The van der Waals surface area contributed by atoms with Gasteiger partial charge in [0, 0.05) is 23.5 Å². The highest BCUT2D eigenvalue weighted by molar-refractivity contribution is 6.42. The molecule has 0 amide bonds. The second kappa shape index (κ2) is 5.57. The smallest absolute Gasteiger partial charge is 0.0595 e. The Bertz CT molecular complexity index is 635. The van der Waals surface area contributed by atoms with Crippen LogP contribution in [0.25, 0.3) is 0 Å². The monoisotopic (exact) mass is 325 g/mol. The molecule has 20 heavy (non-hydrogen) atoms. The summed E-state index contributed by atoms with van der Waals surface area (Å²) >= 11 is 18.2. The highest BCUT2D eigenvalue weighted by atomic mass is 35.5. The molecule has 0 unspecified atom stereocenters. The minimum atomic E-state index is 0.0993. The third kappa shape index (κ3) is 2.68. The molecule has 2 aromatic carbocycles. The van der Waals surface area contributed by atoms with Gasteiger partial charge in [-0.3, -0.25) is 0 Å². The van der Waals surface area contributed by atoms with Gasteiger partial charge in [-0.15, -0.1) is 0 Å². The molecule has 104 valence electrons. The topological polar surface area (TPSA) is 12.0 Å². The lowest BCUT2D eigenvalue weighted by Gasteiger charge is -2.43. The van der Waals surface area contributed by atoms with Crippen molar-refractivity contribution in [3.8, 4) is 0 Å². The molecule has 0 spiro atoms.